The number of fused-ring (bicyclic) bond motifs is 1. The molecule has 2 aliphatic carbocycles. The molecule has 0 spiro atoms. The Labute approximate surface area is 128 Å². The van der Waals surface area contributed by atoms with Gasteiger partial charge in [0.15, 0.2) is 0 Å². The molecule has 3 nitrogen and oxygen atoms in total. The summed E-state index contributed by atoms with van der Waals surface area (Å²) in [6.07, 6.45) is 9.73. The van der Waals surface area contributed by atoms with Gasteiger partial charge >= 0.3 is 0 Å². The van der Waals surface area contributed by atoms with E-state index in [0.29, 0.717) is 6.04 Å². The molecule has 0 saturated heterocycles. The minimum absolute atomic E-state index is 0.197. The number of pyridine rings is 1. The highest BCUT2D eigenvalue weighted by Crippen LogP contribution is 2.60. The largest absolute Gasteiger partial charge is 0.489 e. The Balaban J connectivity index is 1.77. The molecule has 2 fully saturated rings. The van der Waals surface area contributed by atoms with Gasteiger partial charge in [-0.15, -0.1) is 0 Å². The number of rotatable bonds is 6. The standard InChI is InChI=1S/C18H28N2O/c1-4-20-18(17-15-7-5-6-8-16(15)17)13-9-14(11-19-10-13)21-12(2)3/h9-12,15-18,20H,4-8H2,1-3H3. The van der Waals surface area contributed by atoms with E-state index in [2.05, 4.69) is 37.1 Å². The summed E-state index contributed by atoms with van der Waals surface area (Å²) in [5.41, 5.74) is 1.30. The molecule has 3 rings (SSSR count). The maximum atomic E-state index is 5.81. The van der Waals surface area contributed by atoms with E-state index in [0.717, 1.165) is 30.0 Å². The van der Waals surface area contributed by atoms with Crippen LogP contribution in [0, 0.1) is 17.8 Å². The molecule has 1 heterocycles. The molecule has 1 N–H and O–H groups in total. The topological polar surface area (TPSA) is 34.2 Å². The summed E-state index contributed by atoms with van der Waals surface area (Å²) in [4.78, 5) is 4.40. The minimum Gasteiger partial charge on any atom is -0.489 e. The van der Waals surface area contributed by atoms with E-state index < -0.39 is 0 Å². The van der Waals surface area contributed by atoms with Crippen LogP contribution < -0.4 is 10.1 Å². The van der Waals surface area contributed by atoms with E-state index in [9.17, 15) is 0 Å². The Bertz CT molecular complexity index is 462. The lowest BCUT2D eigenvalue weighted by molar-refractivity contribution is 0.241. The van der Waals surface area contributed by atoms with Crippen molar-refractivity contribution in [3.63, 3.8) is 0 Å². The van der Waals surface area contributed by atoms with Crippen molar-refractivity contribution in [2.24, 2.45) is 17.8 Å². The van der Waals surface area contributed by atoms with Gasteiger partial charge in [-0.3, -0.25) is 4.98 Å². The van der Waals surface area contributed by atoms with Gasteiger partial charge in [0.2, 0.25) is 0 Å². The number of aromatic nitrogens is 1. The first kappa shape index (κ1) is 14.8. The van der Waals surface area contributed by atoms with Crippen molar-refractivity contribution < 1.29 is 4.74 Å². The van der Waals surface area contributed by atoms with Crippen molar-refractivity contribution in [2.75, 3.05) is 6.54 Å². The molecule has 1 aromatic rings. The number of hydrogen-bond acceptors (Lipinski definition) is 3. The third-order valence-electron chi connectivity index (χ3n) is 5.00. The van der Waals surface area contributed by atoms with Gasteiger partial charge in [0.1, 0.15) is 5.75 Å². The summed E-state index contributed by atoms with van der Waals surface area (Å²) < 4.78 is 5.81. The fourth-order valence-corrected chi connectivity index (χ4v) is 4.18. The summed E-state index contributed by atoms with van der Waals surface area (Å²) in [7, 11) is 0. The van der Waals surface area contributed by atoms with Crippen molar-refractivity contribution in [2.45, 2.75) is 58.6 Å². The first-order valence-electron chi connectivity index (χ1n) is 8.55. The molecule has 116 valence electrons. The normalized spacial score (nSPS) is 29.0. The number of nitrogens with zero attached hydrogens (tertiary/aromatic N) is 1. The number of hydrogen-bond donors (Lipinski definition) is 1. The van der Waals surface area contributed by atoms with Crippen molar-refractivity contribution >= 4 is 0 Å². The van der Waals surface area contributed by atoms with Crippen molar-refractivity contribution in [3.05, 3.63) is 24.0 Å². The van der Waals surface area contributed by atoms with Crippen molar-refractivity contribution in [1.29, 1.82) is 0 Å². The molecule has 0 bridgehead atoms. The van der Waals surface area contributed by atoms with Gasteiger partial charge in [-0.2, -0.15) is 0 Å². The molecule has 1 aromatic heterocycles. The maximum absolute atomic E-state index is 5.81. The third-order valence-corrected chi connectivity index (χ3v) is 5.00. The lowest BCUT2D eigenvalue weighted by Crippen LogP contribution is -2.24. The smallest absolute Gasteiger partial charge is 0.138 e. The second-order valence-electron chi connectivity index (χ2n) is 6.85. The number of ether oxygens (including phenoxy) is 1. The van der Waals surface area contributed by atoms with Gasteiger partial charge in [0.25, 0.3) is 0 Å². The predicted molar refractivity (Wildman–Crippen MR) is 85.4 cm³/mol. The lowest BCUT2D eigenvalue weighted by Gasteiger charge is -2.20. The Morgan fingerprint density at radius 3 is 2.57 bits per heavy atom. The van der Waals surface area contributed by atoms with Gasteiger partial charge in [-0.05, 0) is 62.6 Å². The first-order valence-corrected chi connectivity index (χ1v) is 8.55. The fraction of sp³-hybridized carbons (Fsp3) is 0.722. The summed E-state index contributed by atoms with van der Waals surface area (Å²) in [6.45, 7) is 7.32. The monoisotopic (exact) mass is 288 g/mol. The summed E-state index contributed by atoms with van der Waals surface area (Å²) in [5.74, 6) is 3.59. The Hall–Kier alpha value is -1.09. The van der Waals surface area contributed by atoms with Crippen LogP contribution in [0.15, 0.2) is 18.5 Å². The zero-order valence-corrected chi connectivity index (χ0v) is 13.5. The van der Waals surface area contributed by atoms with Crippen molar-refractivity contribution in [3.8, 4) is 5.75 Å². The molecule has 21 heavy (non-hydrogen) atoms. The van der Waals surface area contributed by atoms with Gasteiger partial charge < -0.3 is 10.1 Å². The third kappa shape index (κ3) is 3.23. The molecule has 2 saturated carbocycles. The van der Waals surface area contributed by atoms with Crippen LogP contribution in [0.1, 0.15) is 58.1 Å². The predicted octanol–water partition coefficient (Wildman–Crippen LogP) is 3.96. The second kappa shape index (κ2) is 6.35. The van der Waals surface area contributed by atoms with Crippen molar-refractivity contribution in [1.82, 2.24) is 10.3 Å². The highest BCUT2D eigenvalue weighted by molar-refractivity contribution is 5.28. The van der Waals surface area contributed by atoms with E-state index in [1.54, 1.807) is 0 Å². The zero-order valence-electron chi connectivity index (χ0n) is 13.5. The van der Waals surface area contributed by atoms with Gasteiger partial charge in [0, 0.05) is 12.2 Å². The molecule has 0 radical (unpaired) electrons. The Kier molecular flexibility index (Phi) is 4.48. The zero-order chi connectivity index (χ0) is 14.8. The second-order valence-corrected chi connectivity index (χ2v) is 6.85. The molecular formula is C18H28N2O. The van der Waals surface area contributed by atoms with Crippen LogP contribution in [0.4, 0.5) is 0 Å². The Morgan fingerprint density at radius 1 is 1.24 bits per heavy atom. The molecule has 2 aliphatic rings. The average Bonchev–Trinajstić information content (AvgIpc) is 3.18. The van der Waals surface area contributed by atoms with Gasteiger partial charge in [0.05, 0.1) is 12.3 Å². The SMILES string of the molecule is CCNC(c1cncc(OC(C)C)c1)C1C2CCCCC21. The molecule has 3 atom stereocenters. The minimum atomic E-state index is 0.197. The van der Waals surface area contributed by atoms with Crippen LogP contribution in [-0.2, 0) is 0 Å². The van der Waals surface area contributed by atoms with Crippen LogP contribution in [0.2, 0.25) is 0 Å². The van der Waals surface area contributed by atoms with Crippen LogP contribution in [0.5, 0.6) is 5.75 Å². The highest BCUT2D eigenvalue weighted by atomic mass is 16.5. The molecule has 3 unspecified atom stereocenters. The maximum Gasteiger partial charge on any atom is 0.138 e. The molecule has 0 amide bonds. The quantitative estimate of drug-likeness (QED) is 0.860. The molecular weight excluding hydrogens is 260 g/mol. The van der Waals surface area contributed by atoms with E-state index in [1.165, 1.54) is 31.2 Å². The first-order chi connectivity index (χ1) is 10.2. The lowest BCUT2D eigenvalue weighted by atomic mass is 10.0. The van der Waals surface area contributed by atoms with Gasteiger partial charge in [-0.1, -0.05) is 19.8 Å². The molecule has 3 heteroatoms. The summed E-state index contributed by atoms with van der Waals surface area (Å²) in [6, 6.07) is 2.64. The van der Waals surface area contributed by atoms with E-state index >= 15 is 0 Å². The van der Waals surface area contributed by atoms with Crippen LogP contribution in [0.3, 0.4) is 0 Å². The summed E-state index contributed by atoms with van der Waals surface area (Å²) >= 11 is 0. The average molecular weight is 288 g/mol. The van der Waals surface area contributed by atoms with Crippen LogP contribution >= 0.6 is 0 Å². The van der Waals surface area contributed by atoms with E-state index in [4.69, 9.17) is 4.74 Å². The molecule has 0 aliphatic heterocycles. The van der Waals surface area contributed by atoms with Crippen LogP contribution in [0.25, 0.3) is 0 Å². The van der Waals surface area contributed by atoms with E-state index in [1.807, 2.05) is 12.4 Å². The Morgan fingerprint density at radius 2 is 1.95 bits per heavy atom. The number of nitrogens with one attached hydrogen (secondary N) is 1. The fourth-order valence-electron chi connectivity index (χ4n) is 4.18. The summed E-state index contributed by atoms with van der Waals surface area (Å²) in [5, 5.41) is 3.70. The molecule has 0 aromatic carbocycles. The van der Waals surface area contributed by atoms with Gasteiger partial charge in [-0.25, -0.2) is 0 Å². The highest BCUT2D eigenvalue weighted by Gasteiger charge is 2.54. The van der Waals surface area contributed by atoms with E-state index in [-0.39, 0.29) is 6.10 Å². The van der Waals surface area contributed by atoms with Crippen LogP contribution in [-0.4, -0.2) is 17.6 Å².